The maximum Gasteiger partial charge on any atom is 0.508 e. The molecule has 2 saturated heterocycles. The zero-order chi connectivity index (χ0) is 8.55. The lowest BCUT2D eigenvalue weighted by molar-refractivity contribution is 0.0434. The Balaban J connectivity index is 1.93. The summed E-state index contributed by atoms with van der Waals surface area (Å²) in [6.07, 6.45) is -2.52. The van der Waals surface area contributed by atoms with Gasteiger partial charge in [-0.2, -0.15) is 0 Å². The zero-order valence-electron chi connectivity index (χ0n) is 6.02. The first-order valence-corrected chi connectivity index (χ1v) is 3.42. The Kier molecular flexibility index (Phi) is 1.53. The first-order chi connectivity index (χ1) is 5.75. The highest BCUT2D eigenvalue weighted by Crippen LogP contribution is 2.17. The predicted octanol–water partition coefficient (Wildman–Crippen LogP) is 0.0572. The van der Waals surface area contributed by atoms with Crippen LogP contribution in [0.3, 0.4) is 0 Å². The van der Waals surface area contributed by atoms with Gasteiger partial charge in [0.2, 0.25) is 0 Å². The van der Waals surface area contributed by atoms with Gasteiger partial charge in [0.25, 0.3) is 0 Å². The quantitative estimate of drug-likeness (QED) is 0.523. The maximum absolute atomic E-state index is 10.5. The van der Waals surface area contributed by atoms with Gasteiger partial charge in [0.1, 0.15) is 13.2 Å². The molecule has 0 saturated carbocycles. The molecule has 66 valence electrons. The molecule has 6 heteroatoms. The first-order valence-electron chi connectivity index (χ1n) is 3.42. The molecule has 0 amide bonds. The second-order valence-electron chi connectivity index (χ2n) is 2.43. The Morgan fingerprint density at radius 1 is 0.917 bits per heavy atom. The molecule has 0 aromatic heterocycles. The van der Waals surface area contributed by atoms with Gasteiger partial charge in [0.15, 0.2) is 12.2 Å². The van der Waals surface area contributed by atoms with Crippen LogP contribution in [0.2, 0.25) is 0 Å². The van der Waals surface area contributed by atoms with Crippen LogP contribution < -0.4 is 0 Å². The molecule has 2 rings (SSSR count). The number of carbonyl (C=O) groups is 2. The van der Waals surface area contributed by atoms with Crippen LogP contribution >= 0.6 is 0 Å². The van der Waals surface area contributed by atoms with Crippen molar-refractivity contribution in [3.63, 3.8) is 0 Å². The van der Waals surface area contributed by atoms with E-state index in [1.165, 1.54) is 0 Å². The SMILES string of the molecule is O=C1OCC(C2COC(=O)O2)O1. The summed E-state index contributed by atoms with van der Waals surface area (Å²) < 4.78 is 18.4. The predicted molar refractivity (Wildman–Crippen MR) is 32.4 cm³/mol. The van der Waals surface area contributed by atoms with Crippen LogP contribution in [0.4, 0.5) is 9.59 Å². The molecule has 6 nitrogen and oxygen atoms in total. The minimum Gasteiger partial charge on any atom is -0.430 e. The third-order valence-electron chi connectivity index (χ3n) is 1.64. The average molecular weight is 174 g/mol. The lowest BCUT2D eigenvalue weighted by atomic mass is 10.2. The Hall–Kier alpha value is -1.46. The fourth-order valence-electron chi connectivity index (χ4n) is 1.05. The van der Waals surface area contributed by atoms with Crippen LogP contribution in [-0.2, 0) is 18.9 Å². The zero-order valence-corrected chi connectivity index (χ0v) is 6.02. The summed E-state index contributed by atoms with van der Waals surface area (Å²) in [5.74, 6) is 0. The third-order valence-corrected chi connectivity index (χ3v) is 1.64. The van der Waals surface area contributed by atoms with Gasteiger partial charge < -0.3 is 18.9 Å². The standard InChI is InChI=1S/C6H6O6/c7-5-9-1-3(11-5)4-2-10-6(8)12-4/h3-4H,1-2H2. The number of cyclic esters (lactones) is 4. The van der Waals surface area contributed by atoms with Gasteiger partial charge in [-0.25, -0.2) is 9.59 Å². The summed E-state index contributed by atoms with van der Waals surface area (Å²) in [6, 6.07) is 0. The molecule has 0 aromatic rings. The van der Waals surface area contributed by atoms with Gasteiger partial charge in [-0.1, -0.05) is 0 Å². The molecule has 2 aliphatic heterocycles. The molecular weight excluding hydrogens is 168 g/mol. The van der Waals surface area contributed by atoms with Gasteiger partial charge in [-0.15, -0.1) is 0 Å². The largest absolute Gasteiger partial charge is 0.508 e. The highest BCUT2D eigenvalue weighted by molar-refractivity contribution is 5.64. The van der Waals surface area contributed by atoms with E-state index in [0.29, 0.717) is 0 Å². The van der Waals surface area contributed by atoms with E-state index in [-0.39, 0.29) is 13.2 Å². The molecule has 0 aliphatic carbocycles. The van der Waals surface area contributed by atoms with E-state index in [2.05, 4.69) is 18.9 Å². The minimum atomic E-state index is -0.733. The van der Waals surface area contributed by atoms with Crippen LogP contribution in [0, 0.1) is 0 Å². The van der Waals surface area contributed by atoms with Crippen molar-refractivity contribution in [2.24, 2.45) is 0 Å². The lowest BCUT2D eigenvalue weighted by Gasteiger charge is -2.09. The van der Waals surface area contributed by atoms with Crippen molar-refractivity contribution in [2.45, 2.75) is 12.2 Å². The molecule has 0 N–H and O–H groups in total. The molecule has 0 bridgehead atoms. The number of rotatable bonds is 1. The summed E-state index contributed by atoms with van der Waals surface area (Å²) in [5, 5.41) is 0. The summed E-state index contributed by atoms with van der Waals surface area (Å²) in [7, 11) is 0. The van der Waals surface area contributed by atoms with Crippen LogP contribution in [0.25, 0.3) is 0 Å². The monoisotopic (exact) mass is 174 g/mol. The highest BCUT2D eigenvalue weighted by atomic mass is 16.8. The molecule has 2 aliphatic rings. The van der Waals surface area contributed by atoms with E-state index in [4.69, 9.17) is 0 Å². The van der Waals surface area contributed by atoms with Crippen LogP contribution in [0.1, 0.15) is 0 Å². The van der Waals surface area contributed by atoms with Crippen LogP contribution in [0.15, 0.2) is 0 Å². The van der Waals surface area contributed by atoms with E-state index in [9.17, 15) is 9.59 Å². The maximum atomic E-state index is 10.5. The molecule has 2 fully saturated rings. The van der Waals surface area contributed by atoms with Crippen molar-refractivity contribution in [1.29, 1.82) is 0 Å². The normalized spacial score (nSPS) is 33.7. The Morgan fingerprint density at radius 3 is 1.58 bits per heavy atom. The van der Waals surface area contributed by atoms with Crippen molar-refractivity contribution in [1.82, 2.24) is 0 Å². The highest BCUT2D eigenvalue weighted by Gasteiger charge is 2.39. The van der Waals surface area contributed by atoms with E-state index in [1.54, 1.807) is 0 Å². The Morgan fingerprint density at radius 2 is 1.33 bits per heavy atom. The van der Waals surface area contributed by atoms with E-state index in [1.807, 2.05) is 0 Å². The smallest absolute Gasteiger partial charge is 0.430 e. The lowest BCUT2D eigenvalue weighted by Crippen LogP contribution is -2.30. The fraction of sp³-hybridized carbons (Fsp3) is 0.667. The van der Waals surface area contributed by atoms with Crippen molar-refractivity contribution in [3.8, 4) is 0 Å². The van der Waals surface area contributed by atoms with Crippen molar-refractivity contribution < 1.29 is 28.5 Å². The molecule has 2 unspecified atom stereocenters. The molecule has 2 heterocycles. The molecule has 12 heavy (non-hydrogen) atoms. The second kappa shape index (κ2) is 2.54. The molecule has 0 radical (unpaired) electrons. The number of hydrogen-bond donors (Lipinski definition) is 0. The average Bonchev–Trinajstić information content (AvgIpc) is 2.58. The van der Waals surface area contributed by atoms with Crippen molar-refractivity contribution >= 4 is 12.3 Å². The Bertz CT molecular complexity index is 200. The van der Waals surface area contributed by atoms with Crippen LogP contribution in [0.5, 0.6) is 0 Å². The van der Waals surface area contributed by atoms with Gasteiger partial charge in [-0.05, 0) is 0 Å². The molecular formula is C6H6O6. The number of ether oxygens (including phenoxy) is 4. The summed E-state index contributed by atoms with van der Waals surface area (Å²) in [4.78, 5) is 20.9. The summed E-state index contributed by atoms with van der Waals surface area (Å²) in [6.45, 7) is 0.223. The van der Waals surface area contributed by atoms with Gasteiger partial charge in [-0.3, -0.25) is 0 Å². The van der Waals surface area contributed by atoms with Gasteiger partial charge in [0, 0.05) is 0 Å². The third kappa shape index (κ3) is 1.15. The molecule has 0 spiro atoms. The van der Waals surface area contributed by atoms with Crippen molar-refractivity contribution in [2.75, 3.05) is 13.2 Å². The van der Waals surface area contributed by atoms with E-state index >= 15 is 0 Å². The summed E-state index contributed by atoms with van der Waals surface area (Å²) in [5.41, 5.74) is 0. The van der Waals surface area contributed by atoms with E-state index in [0.717, 1.165) is 0 Å². The minimum absolute atomic E-state index is 0.111. The molecule has 0 aromatic carbocycles. The second-order valence-corrected chi connectivity index (χ2v) is 2.43. The van der Waals surface area contributed by atoms with Crippen LogP contribution in [-0.4, -0.2) is 37.7 Å². The summed E-state index contributed by atoms with van der Waals surface area (Å²) >= 11 is 0. The van der Waals surface area contributed by atoms with E-state index < -0.39 is 24.5 Å². The first kappa shape index (κ1) is 7.20. The van der Waals surface area contributed by atoms with Gasteiger partial charge in [0.05, 0.1) is 0 Å². The number of carbonyl (C=O) groups excluding carboxylic acids is 2. The number of hydrogen-bond acceptors (Lipinski definition) is 6. The Labute approximate surface area is 67.3 Å². The molecule has 2 atom stereocenters. The van der Waals surface area contributed by atoms with Crippen molar-refractivity contribution in [3.05, 3.63) is 0 Å². The fourth-order valence-corrected chi connectivity index (χ4v) is 1.05. The topological polar surface area (TPSA) is 71.1 Å². The van der Waals surface area contributed by atoms with Gasteiger partial charge >= 0.3 is 12.3 Å².